The van der Waals surface area contributed by atoms with E-state index < -0.39 is 42.9 Å². The Labute approximate surface area is 117 Å². The first kappa shape index (κ1) is 15.7. The van der Waals surface area contributed by atoms with Crippen LogP contribution in [0.1, 0.15) is 27.2 Å². The topological polar surface area (TPSA) is 94.5 Å². The lowest BCUT2D eigenvalue weighted by atomic mass is 9.91. The molecule has 7 heteroatoms. The van der Waals surface area contributed by atoms with Crippen LogP contribution in [0.5, 0.6) is 0 Å². The number of aliphatic hydroxyl groups is 2. The van der Waals surface area contributed by atoms with Crippen LogP contribution >= 0.6 is 0 Å². The molecule has 116 valence electrons. The van der Waals surface area contributed by atoms with Gasteiger partial charge in [0.05, 0.1) is 25.7 Å². The van der Waals surface area contributed by atoms with Crippen LogP contribution in [0.15, 0.2) is 0 Å². The molecule has 0 aromatic rings. The van der Waals surface area contributed by atoms with Gasteiger partial charge >= 0.3 is 5.97 Å². The van der Waals surface area contributed by atoms with Crippen molar-refractivity contribution < 1.29 is 34.0 Å². The van der Waals surface area contributed by atoms with Gasteiger partial charge in [0.1, 0.15) is 12.2 Å². The zero-order valence-electron chi connectivity index (χ0n) is 11.9. The number of ether oxygens (including phenoxy) is 4. The van der Waals surface area contributed by atoms with E-state index in [2.05, 4.69) is 0 Å². The number of fused-ring (bicyclic) bond motifs is 1. The van der Waals surface area contributed by atoms with Crippen LogP contribution in [-0.4, -0.2) is 59.8 Å². The summed E-state index contributed by atoms with van der Waals surface area (Å²) in [5.74, 6) is -1.59. The smallest absolute Gasteiger partial charge is 0.306 e. The van der Waals surface area contributed by atoms with Crippen molar-refractivity contribution >= 4 is 5.97 Å². The third kappa shape index (κ3) is 3.12. The van der Waals surface area contributed by atoms with Gasteiger partial charge < -0.3 is 29.2 Å². The van der Waals surface area contributed by atoms with E-state index in [4.69, 9.17) is 24.1 Å². The summed E-state index contributed by atoms with van der Waals surface area (Å²) >= 11 is 0. The highest BCUT2D eigenvalue weighted by molar-refractivity contribution is 5.69. The van der Waals surface area contributed by atoms with Crippen molar-refractivity contribution in [3.8, 4) is 0 Å². The fourth-order valence-electron chi connectivity index (χ4n) is 2.72. The lowest BCUT2D eigenvalue weighted by Crippen LogP contribution is -2.40. The Morgan fingerprint density at radius 3 is 2.70 bits per heavy atom. The van der Waals surface area contributed by atoms with E-state index in [1.165, 1.54) is 0 Å². The van der Waals surface area contributed by atoms with Crippen molar-refractivity contribution in [3.63, 3.8) is 0 Å². The average molecular weight is 290 g/mol. The summed E-state index contributed by atoms with van der Waals surface area (Å²) in [5, 5.41) is 18.9. The van der Waals surface area contributed by atoms with Gasteiger partial charge in [-0.05, 0) is 20.8 Å². The molecule has 0 saturated carbocycles. The van der Waals surface area contributed by atoms with Gasteiger partial charge in [-0.3, -0.25) is 4.79 Å². The van der Waals surface area contributed by atoms with Crippen LogP contribution in [0.25, 0.3) is 0 Å². The summed E-state index contributed by atoms with van der Waals surface area (Å²) < 4.78 is 21.9. The van der Waals surface area contributed by atoms with Crippen LogP contribution in [0.2, 0.25) is 0 Å². The number of carbonyl (C=O) groups is 1. The summed E-state index contributed by atoms with van der Waals surface area (Å²) in [7, 11) is 0. The Bertz CT molecular complexity index is 357. The third-order valence-corrected chi connectivity index (χ3v) is 3.50. The van der Waals surface area contributed by atoms with Crippen LogP contribution in [0.3, 0.4) is 0 Å². The molecule has 0 aromatic carbocycles. The number of esters is 1. The molecule has 2 heterocycles. The number of carbonyl (C=O) groups excluding carboxylic acids is 1. The van der Waals surface area contributed by atoms with Crippen LogP contribution in [-0.2, 0) is 23.7 Å². The minimum absolute atomic E-state index is 0.0518. The molecule has 0 aliphatic carbocycles. The molecule has 2 saturated heterocycles. The maximum Gasteiger partial charge on any atom is 0.306 e. The van der Waals surface area contributed by atoms with Gasteiger partial charge in [-0.1, -0.05) is 0 Å². The maximum atomic E-state index is 11.7. The van der Waals surface area contributed by atoms with Gasteiger partial charge in [0.25, 0.3) is 0 Å². The van der Waals surface area contributed by atoms with Crippen LogP contribution < -0.4 is 0 Å². The average Bonchev–Trinajstić information content (AvgIpc) is 2.82. The second-order valence-electron chi connectivity index (χ2n) is 5.49. The SMILES string of the molecule is CCOC(=O)C[C@H]1[C@H]2OC(C)(C)O[C@H]2O[C@@H]1[C@H](O)CO. The normalized spacial score (nSPS) is 36.6. The summed E-state index contributed by atoms with van der Waals surface area (Å²) in [6.45, 7) is 5.08. The van der Waals surface area contributed by atoms with Gasteiger partial charge in [-0.25, -0.2) is 0 Å². The monoisotopic (exact) mass is 290 g/mol. The van der Waals surface area contributed by atoms with E-state index in [-0.39, 0.29) is 19.0 Å². The first-order valence-electron chi connectivity index (χ1n) is 6.83. The standard InChI is InChI=1S/C13H22O7/c1-4-17-9(16)5-7-10(8(15)6-14)18-12-11(7)19-13(2,3)20-12/h7-8,10-12,14-15H,4-6H2,1-3H3/t7-,8-,10+,11-,12-/m1/s1. The first-order valence-corrected chi connectivity index (χ1v) is 6.83. The maximum absolute atomic E-state index is 11.7. The number of hydrogen-bond acceptors (Lipinski definition) is 7. The van der Waals surface area contributed by atoms with Crippen molar-refractivity contribution in [1.29, 1.82) is 0 Å². The van der Waals surface area contributed by atoms with E-state index >= 15 is 0 Å². The molecule has 5 atom stereocenters. The second kappa shape index (κ2) is 5.95. The van der Waals surface area contributed by atoms with E-state index in [1.54, 1.807) is 20.8 Å². The minimum atomic E-state index is -1.09. The number of hydrogen-bond donors (Lipinski definition) is 2. The molecular weight excluding hydrogens is 268 g/mol. The lowest BCUT2D eigenvalue weighted by Gasteiger charge is -2.27. The van der Waals surface area contributed by atoms with Gasteiger partial charge in [0.2, 0.25) is 0 Å². The van der Waals surface area contributed by atoms with Crippen molar-refractivity contribution in [2.45, 2.75) is 57.6 Å². The van der Waals surface area contributed by atoms with Crippen molar-refractivity contribution in [1.82, 2.24) is 0 Å². The molecular formula is C13H22O7. The summed E-state index contributed by atoms with van der Waals surface area (Å²) in [6.07, 6.45) is -2.85. The minimum Gasteiger partial charge on any atom is -0.466 e. The Morgan fingerprint density at radius 2 is 2.10 bits per heavy atom. The molecule has 0 bridgehead atoms. The quantitative estimate of drug-likeness (QED) is 0.676. The lowest BCUT2D eigenvalue weighted by molar-refractivity contribution is -0.222. The Kier molecular flexibility index (Phi) is 4.66. The van der Waals surface area contributed by atoms with Crippen molar-refractivity contribution in [2.75, 3.05) is 13.2 Å². The van der Waals surface area contributed by atoms with Crippen molar-refractivity contribution in [2.24, 2.45) is 5.92 Å². The first-order chi connectivity index (χ1) is 9.38. The van der Waals surface area contributed by atoms with Crippen LogP contribution in [0.4, 0.5) is 0 Å². The largest absolute Gasteiger partial charge is 0.466 e. The van der Waals surface area contributed by atoms with Gasteiger partial charge in [-0.15, -0.1) is 0 Å². The highest BCUT2D eigenvalue weighted by atomic mass is 16.8. The second-order valence-corrected chi connectivity index (χ2v) is 5.49. The van der Waals surface area contributed by atoms with Crippen LogP contribution in [0, 0.1) is 5.92 Å². The van der Waals surface area contributed by atoms with Gasteiger partial charge in [-0.2, -0.15) is 0 Å². The summed E-state index contributed by atoms with van der Waals surface area (Å²) in [6, 6.07) is 0. The third-order valence-electron chi connectivity index (χ3n) is 3.50. The Balaban J connectivity index is 2.10. The fourth-order valence-corrected chi connectivity index (χ4v) is 2.72. The summed E-state index contributed by atoms with van der Waals surface area (Å²) in [5.41, 5.74) is 0. The van der Waals surface area contributed by atoms with Gasteiger partial charge in [0.15, 0.2) is 12.1 Å². The zero-order chi connectivity index (χ0) is 14.9. The molecule has 0 amide bonds. The predicted molar refractivity (Wildman–Crippen MR) is 66.5 cm³/mol. The van der Waals surface area contributed by atoms with E-state index in [1.807, 2.05) is 0 Å². The van der Waals surface area contributed by atoms with E-state index in [9.17, 15) is 9.90 Å². The molecule has 2 aliphatic rings. The van der Waals surface area contributed by atoms with E-state index in [0.29, 0.717) is 0 Å². The Hall–Kier alpha value is -0.730. The molecule has 0 unspecified atom stereocenters. The molecule has 0 spiro atoms. The number of aliphatic hydroxyl groups excluding tert-OH is 2. The molecule has 20 heavy (non-hydrogen) atoms. The molecule has 0 aromatic heterocycles. The molecule has 2 fully saturated rings. The highest BCUT2D eigenvalue weighted by Gasteiger charge is 2.56. The number of rotatable bonds is 5. The van der Waals surface area contributed by atoms with E-state index in [0.717, 1.165) is 0 Å². The molecule has 2 N–H and O–H groups in total. The predicted octanol–water partition coefficient (Wildman–Crippen LogP) is -0.215. The molecule has 2 aliphatic heterocycles. The Morgan fingerprint density at radius 1 is 1.40 bits per heavy atom. The fraction of sp³-hybridized carbons (Fsp3) is 0.923. The molecule has 2 rings (SSSR count). The molecule has 0 radical (unpaired) electrons. The van der Waals surface area contributed by atoms with Gasteiger partial charge in [0, 0.05) is 5.92 Å². The highest BCUT2D eigenvalue weighted by Crippen LogP contribution is 2.43. The molecule has 7 nitrogen and oxygen atoms in total. The summed E-state index contributed by atoms with van der Waals surface area (Å²) in [4.78, 5) is 11.7. The van der Waals surface area contributed by atoms with Crippen molar-refractivity contribution in [3.05, 3.63) is 0 Å². The zero-order valence-corrected chi connectivity index (χ0v) is 11.9.